The van der Waals surface area contributed by atoms with Crippen molar-refractivity contribution in [2.75, 3.05) is 5.75 Å². The Morgan fingerprint density at radius 3 is 2.66 bits per heavy atom. The van der Waals surface area contributed by atoms with Crippen LogP contribution >= 0.6 is 11.8 Å². The fourth-order valence-electron chi connectivity index (χ4n) is 2.91. The smallest absolute Gasteiger partial charge is 0.266 e. The van der Waals surface area contributed by atoms with Crippen LogP contribution in [0.4, 0.5) is 0 Å². The van der Waals surface area contributed by atoms with Gasteiger partial charge in [-0.15, -0.1) is 0 Å². The summed E-state index contributed by atoms with van der Waals surface area (Å²) in [6.45, 7) is 2.31. The second-order valence-corrected chi connectivity index (χ2v) is 7.47. The van der Waals surface area contributed by atoms with E-state index in [1.807, 2.05) is 43.3 Å². The molecule has 0 unspecified atom stereocenters. The summed E-state index contributed by atoms with van der Waals surface area (Å²) in [5.74, 6) is 0.658. The SMILES string of the molecule is Cc1ccc(-n2c(SCC(=O)NCc3ccco3)nc3ccccc3c2=O)cc1. The van der Waals surface area contributed by atoms with Crippen LogP contribution in [0.1, 0.15) is 11.3 Å². The minimum absolute atomic E-state index is 0.136. The summed E-state index contributed by atoms with van der Waals surface area (Å²) in [6.07, 6.45) is 1.56. The Morgan fingerprint density at radius 1 is 1.10 bits per heavy atom. The molecule has 0 radical (unpaired) electrons. The number of amides is 1. The lowest BCUT2D eigenvalue weighted by Crippen LogP contribution is -2.26. The summed E-state index contributed by atoms with van der Waals surface area (Å²) < 4.78 is 6.78. The number of furan rings is 1. The van der Waals surface area contributed by atoms with Crippen molar-refractivity contribution in [1.82, 2.24) is 14.9 Å². The first-order valence-electron chi connectivity index (χ1n) is 9.12. The Balaban J connectivity index is 1.63. The Bertz CT molecular complexity index is 1200. The van der Waals surface area contributed by atoms with Crippen molar-refractivity contribution in [3.63, 3.8) is 0 Å². The van der Waals surface area contributed by atoms with Gasteiger partial charge in [0, 0.05) is 0 Å². The minimum Gasteiger partial charge on any atom is -0.467 e. The van der Waals surface area contributed by atoms with Gasteiger partial charge >= 0.3 is 0 Å². The standard InChI is InChI=1S/C22H19N3O3S/c1-15-8-10-16(11-9-15)25-21(27)18-6-2-3-7-19(18)24-22(25)29-14-20(26)23-13-17-5-4-12-28-17/h2-12H,13-14H2,1H3,(H,23,26). The topological polar surface area (TPSA) is 77.1 Å². The molecule has 1 N–H and O–H groups in total. The predicted molar refractivity (Wildman–Crippen MR) is 113 cm³/mol. The molecule has 0 fully saturated rings. The van der Waals surface area contributed by atoms with E-state index >= 15 is 0 Å². The zero-order valence-electron chi connectivity index (χ0n) is 15.8. The number of aryl methyl sites for hydroxylation is 1. The van der Waals surface area contributed by atoms with E-state index in [1.54, 1.807) is 35.1 Å². The molecule has 0 aliphatic rings. The number of carbonyl (C=O) groups is 1. The molecule has 1 amide bonds. The van der Waals surface area contributed by atoms with E-state index in [4.69, 9.17) is 4.42 Å². The monoisotopic (exact) mass is 405 g/mol. The van der Waals surface area contributed by atoms with Gasteiger partial charge in [0.15, 0.2) is 5.16 Å². The molecule has 0 saturated carbocycles. The number of hydrogen-bond acceptors (Lipinski definition) is 5. The van der Waals surface area contributed by atoms with Crippen molar-refractivity contribution in [3.05, 3.63) is 88.6 Å². The van der Waals surface area contributed by atoms with Crippen LogP contribution in [0.25, 0.3) is 16.6 Å². The van der Waals surface area contributed by atoms with Gasteiger partial charge in [0.05, 0.1) is 35.2 Å². The molecule has 6 nitrogen and oxygen atoms in total. The number of nitrogens with one attached hydrogen (secondary N) is 1. The molecule has 29 heavy (non-hydrogen) atoms. The molecular weight excluding hydrogens is 386 g/mol. The van der Waals surface area contributed by atoms with Crippen LogP contribution in [0.5, 0.6) is 0 Å². The van der Waals surface area contributed by atoms with Crippen molar-refractivity contribution in [1.29, 1.82) is 0 Å². The normalized spacial score (nSPS) is 10.9. The average molecular weight is 405 g/mol. The zero-order valence-corrected chi connectivity index (χ0v) is 16.6. The van der Waals surface area contributed by atoms with E-state index in [-0.39, 0.29) is 17.2 Å². The summed E-state index contributed by atoms with van der Waals surface area (Å²) in [7, 11) is 0. The van der Waals surface area contributed by atoms with Gasteiger partial charge < -0.3 is 9.73 Å². The van der Waals surface area contributed by atoms with Gasteiger partial charge in [0.25, 0.3) is 5.56 Å². The highest BCUT2D eigenvalue weighted by atomic mass is 32.2. The maximum Gasteiger partial charge on any atom is 0.266 e. The Hall–Kier alpha value is -3.32. The fraction of sp³-hybridized carbons (Fsp3) is 0.136. The second kappa shape index (κ2) is 8.36. The van der Waals surface area contributed by atoms with Gasteiger partial charge in [0.2, 0.25) is 5.91 Å². The lowest BCUT2D eigenvalue weighted by molar-refractivity contribution is -0.118. The number of nitrogens with zero attached hydrogens (tertiary/aromatic N) is 2. The van der Waals surface area contributed by atoms with E-state index in [2.05, 4.69) is 10.3 Å². The predicted octanol–water partition coefficient (Wildman–Crippen LogP) is 3.70. The summed E-state index contributed by atoms with van der Waals surface area (Å²) in [5.41, 5.74) is 2.27. The lowest BCUT2D eigenvalue weighted by atomic mass is 10.2. The zero-order chi connectivity index (χ0) is 20.2. The molecule has 7 heteroatoms. The van der Waals surface area contributed by atoms with E-state index in [0.29, 0.717) is 28.4 Å². The molecule has 2 heterocycles. The number of fused-ring (bicyclic) bond motifs is 1. The number of hydrogen-bond donors (Lipinski definition) is 1. The van der Waals surface area contributed by atoms with Crippen molar-refractivity contribution in [3.8, 4) is 5.69 Å². The molecule has 2 aromatic carbocycles. The van der Waals surface area contributed by atoms with E-state index in [0.717, 1.165) is 11.3 Å². The van der Waals surface area contributed by atoms with E-state index < -0.39 is 0 Å². The third-order valence-electron chi connectivity index (χ3n) is 4.41. The van der Waals surface area contributed by atoms with Crippen molar-refractivity contribution in [2.24, 2.45) is 0 Å². The highest BCUT2D eigenvalue weighted by Crippen LogP contribution is 2.21. The molecule has 0 spiro atoms. The number of benzene rings is 2. The molecule has 0 aliphatic heterocycles. The third-order valence-corrected chi connectivity index (χ3v) is 5.35. The number of thioether (sulfide) groups is 1. The van der Waals surface area contributed by atoms with Crippen molar-refractivity contribution >= 4 is 28.6 Å². The van der Waals surface area contributed by atoms with Crippen LogP contribution in [0, 0.1) is 6.92 Å². The molecule has 146 valence electrons. The van der Waals surface area contributed by atoms with E-state index in [1.165, 1.54) is 11.8 Å². The molecule has 2 aromatic heterocycles. The minimum atomic E-state index is -0.163. The van der Waals surface area contributed by atoms with Gasteiger partial charge in [-0.1, -0.05) is 41.6 Å². The number of para-hydroxylation sites is 1. The summed E-state index contributed by atoms with van der Waals surface area (Å²) in [6, 6.07) is 18.5. The molecule has 4 aromatic rings. The van der Waals surface area contributed by atoms with Crippen molar-refractivity contribution in [2.45, 2.75) is 18.6 Å². The van der Waals surface area contributed by atoms with Gasteiger partial charge in [-0.05, 0) is 43.3 Å². The second-order valence-electron chi connectivity index (χ2n) is 6.53. The maximum atomic E-state index is 13.2. The van der Waals surface area contributed by atoms with Crippen molar-refractivity contribution < 1.29 is 9.21 Å². The van der Waals surface area contributed by atoms with Gasteiger partial charge in [0.1, 0.15) is 5.76 Å². The summed E-state index contributed by atoms with van der Waals surface area (Å²) >= 11 is 1.23. The first kappa shape index (κ1) is 19.0. The van der Waals surface area contributed by atoms with Crippen LogP contribution in [0.2, 0.25) is 0 Å². The van der Waals surface area contributed by atoms with Crippen LogP contribution in [0.15, 0.2) is 81.3 Å². The Labute approximate surface area is 171 Å². The lowest BCUT2D eigenvalue weighted by Gasteiger charge is -2.13. The molecule has 0 saturated heterocycles. The molecule has 0 atom stereocenters. The van der Waals surface area contributed by atoms with Crippen LogP contribution in [-0.4, -0.2) is 21.2 Å². The summed E-state index contributed by atoms with van der Waals surface area (Å²) in [4.78, 5) is 30.1. The first-order chi connectivity index (χ1) is 14.1. The molecule has 4 rings (SSSR count). The molecule has 0 bridgehead atoms. The van der Waals surface area contributed by atoms with Gasteiger partial charge in [-0.25, -0.2) is 4.98 Å². The number of rotatable bonds is 6. The van der Waals surface area contributed by atoms with Crippen LogP contribution in [-0.2, 0) is 11.3 Å². The molecule has 0 aliphatic carbocycles. The third kappa shape index (κ3) is 4.25. The Kier molecular flexibility index (Phi) is 5.48. The van der Waals surface area contributed by atoms with Crippen LogP contribution < -0.4 is 10.9 Å². The first-order valence-corrected chi connectivity index (χ1v) is 10.1. The van der Waals surface area contributed by atoms with Gasteiger partial charge in [-0.3, -0.25) is 14.2 Å². The van der Waals surface area contributed by atoms with Gasteiger partial charge in [-0.2, -0.15) is 0 Å². The summed E-state index contributed by atoms with van der Waals surface area (Å²) in [5, 5.41) is 3.82. The van der Waals surface area contributed by atoms with Crippen LogP contribution in [0.3, 0.4) is 0 Å². The Morgan fingerprint density at radius 2 is 1.90 bits per heavy atom. The quantitative estimate of drug-likeness (QED) is 0.391. The average Bonchev–Trinajstić information content (AvgIpc) is 3.25. The number of carbonyl (C=O) groups excluding carboxylic acids is 1. The molecular formula is C22H19N3O3S. The highest BCUT2D eigenvalue weighted by Gasteiger charge is 2.15. The maximum absolute atomic E-state index is 13.2. The number of aromatic nitrogens is 2. The largest absolute Gasteiger partial charge is 0.467 e. The fourth-order valence-corrected chi connectivity index (χ4v) is 3.75. The van der Waals surface area contributed by atoms with E-state index in [9.17, 15) is 9.59 Å². The highest BCUT2D eigenvalue weighted by molar-refractivity contribution is 7.99.